The van der Waals surface area contributed by atoms with Crippen molar-refractivity contribution in [2.24, 2.45) is 17.1 Å². The summed E-state index contributed by atoms with van der Waals surface area (Å²) < 4.78 is 0. The second-order valence-electron chi connectivity index (χ2n) is 4.75. The number of nitrogens with two attached hydrogens (primary N) is 1. The molecule has 0 saturated heterocycles. The van der Waals surface area contributed by atoms with Gasteiger partial charge in [0.2, 0.25) is 0 Å². The maximum Gasteiger partial charge on any atom is 0.0436 e. The predicted molar refractivity (Wildman–Crippen MR) is 55.4 cm³/mol. The molecule has 78 valence electrons. The number of aliphatic hydroxyl groups excluding tert-OH is 1. The molecular formula is C11H23NO. The molecule has 0 radical (unpaired) electrons. The summed E-state index contributed by atoms with van der Waals surface area (Å²) in [6.45, 7) is 4.59. The van der Waals surface area contributed by atoms with Crippen molar-refractivity contribution < 1.29 is 5.11 Å². The van der Waals surface area contributed by atoms with E-state index in [0.29, 0.717) is 0 Å². The minimum absolute atomic E-state index is 0.158. The highest BCUT2D eigenvalue weighted by molar-refractivity contribution is 4.91. The quantitative estimate of drug-likeness (QED) is 0.703. The standard InChI is InChI=1S/C11H23NO/c1-9(12)11(2,7-8-13)10-5-3-4-6-10/h9-10,13H,3-8,12H2,1-2H3. The Labute approximate surface area is 81.5 Å². The molecule has 1 saturated carbocycles. The van der Waals surface area contributed by atoms with Gasteiger partial charge in [-0.15, -0.1) is 0 Å². The first-order valence-electron chi connectivity index (χ1n) is 5.47. The van der Waals surface area contributed by atoms with E-state index in [1.54, 1.807) is 0 Å². The van der Waals surface area contributed by atoms with E-state index < -0.39 is 0 Å². The summed E-state index contributed by atoms with van der Waals surface area (Å²) in [6, 6.07) is 0.197. The Balaban J connectivity index is 2.64. The summed E-state index contributed by atoms with van der Waals surface area (Å²) in [5.74, 6) is 0.736. The van der Waals surface area contributed by atoms with E-state index in [1.165, 1.54) is 25.7 Å². The van der Waals surface area contributed by atoms with Crippen LogP contribution in [0.1, 0.15) is 46.0 Å². The van der Waals surface area contributed by atoms with E-state index in [4.69, 9.17) is 10.8 Å². The van der Waals surface area contributed by atoms with Crippen LogP contribution in [0.25, 0.3) is 0 Å². The van der Waals surface area contributed by atoms with Gasteiger partial charge in [0.05, 0.1) is 0 Å². The summed E-state index contributed by atoms with van der Waals surface area (Å²) in [4.78, 5) is 0. The number of aliphatic hydroxyl groups is 1. The fraction of sp³-hybridized carbons (Fsp3) is 1.00. The minimum Gasteiger partial charge on any atom is -0.396 e. The topological polar surface area (TPSA) is 46.2 Å². The largest absolute Gasteiger partial charge is 0.396 e. The molecule has 0 aliphatic heterocycles. The summed E-state index contributed by atoms with van der Waals surface area (Å²) in [5, 5.41) is 9.06. The van der Waals surface area contributed by atoms with E-state index in [2.05, 4.69) is 13.8 Å². The summed E-state index contributed by atoms with van der Waals surface area (Å²) in [7, 11) is 0. The Kier molecular flexibility index (Phi) is 3.74. The molecular weight excluding hydrogens is 162 g/mol. The zero-order valence-electron chi connectivity index (χ0n) is 8.92. The molecule has 2 heteroatoms. The molecule has 0 spiro atoms. The van der Waals surface area contributed by atoms with Gasteiger partial charge in [-0.05, 0) is 37.5 Å². The first-order valence-corrected chi connectivity index (χ1v) is 5.47. The van der Waals surface area contributed by atoms with E-state index in [0.717, 1.165) is 12.3 Å². The molecule has 1 aliphatic rings. The highest BCUT2D eigenvalue weighted by Gasteiger charge is 2.38. The van der Waals surface area contributed by atoms with E-state index in [9.17, 15) is 0 Å². The van der Waals surface area contributed by atoms with Crippen molar-refractivity contribution in [2.75, 3.05) is 6.61 Å². The van der Waals surface area contributed by atoms with Crippen molar-refractivity contribution in [3.05, 3.63) is 0 Å². The van der Waals surface area contributed by atoms with Crippen molar-refractivity contribution in [2.45, 2.75) is 52.0 Å². The molecule has 1 aliphatic carbocycles. The molecule has 2 nitrogen and oxygen atoms in total. The normalized spacial score (nSPS) is 25.8. The van der Waals surface area contributed by atoms with Crippen LogP contribution in [0, 0.1) is 11.3 Å². The zero-order valence-corrected chi connectivity index (χ0v) is 8.92. The van der Waals surface area contributed by atoms with Gasteiger partial charge in [0.15, 0.2) is 0 Å². The number of hydrogen-bond donors (Lipinski definition) is 2. The van der Waals surface area contributed by atoms with Gasteiger partial charge in [-0.2, -0.15) is 0 Å². The molecule has 3 N–H and O–H groups in total. The van der Waals surface area contributed by atoms with Crippen LogP contribution in [0.5, 0.6) is 0 Å². The highest BCUT2D eigenvalue weighted by atomic mass is 16.3. The molecule has 2 unspecified atom stereocenters. The van der Waals surface area contributed by atoms with Crippen LogP contribution in [0.2, 0.25) is 0 Å². The molecule has 0 aromatic heterocycles. The van der Waals surface area contributed by atoms with Gasteiger partial charge < -0.3 is 10.8 Å². The van der Waals surface area contributed by atoms with Crippen molar-refractivity contribution in [3.8, 4) is 0 Å². The maximum absolute atomic E-state index is 9.06. The van der Waals surface area contributed by atoms with Crippen LogP contribution in [-0.2, 0) is 0 Å². The summed E-state index contributed by atoms with van der Waals surface area (Å²) in [5.41, 5.74) is 6.18. The summed E-state index contributed by atoms with van der Waals surface area (Å²) in [6.07, 6.45) is 6.15. The second-order valence-corrected chi connectivity index (χ2v) is 4.75. The molecule has 1 rings (SSSR count). The molecule has 0 aromatic carbocycles. The third-order valence-corrected chi connectivity index (χ3v) is 3.98. The van der Waals surface area contributed by atoms with Crippen molar-refractivity contribution >= 4 is 0 Å². The van der Waals surface area contributed by atoms with Crippen LogP contribution in [0.15, 0.2) is 0 Å². The predicted octanol–water partition coefficient (Wildman–Crippen LogP) is 1.91. The Hall–Kier alpha value is -0.0800. The smallest absolute Gasteiger partial charge is 0.0436 e. The first-order chi connectivity index (χ1) is 6.11. The molecule has 2 atom stereocenters. The van der Waals surface area contributed by atoms with E-state index >= 15 is 0 Å². The summed E-state index contributed by atoms with van der Waals surface area (Å²) >= 11 is 0. The van der Waals surface area contributed by atoms with Crippen LogP contribution in [-0.4, -0.2) is 17.8 Å². The van der Waals surface area contributed by atoms with Gasteiger partial charge >= 0.3 is 0 Å². The fourth-order valence-corrected chi connectivity index (χ4v) is 2.63. The lowest BCUT2D eigenvalue weighted by atomic mass is 9.69. The average molecular weight is 185 g/mol. The Morgan fingerprint density at radius 3 is 2.38 bits per heavy atom. The van der Waals surface area contributed by atoms with Gasteiger partial charge in [-0.25, -0.2) is 0 Å². The number of rotatable bonds is 4. The van der Waals surface area contributed by atoms with Crippen molar-refractivity contribution in [1.29, 1.82) is 0 Å². The molecule has 1 fully saturated rings. The van der Waals surface area contributed by atoms with Crippen LogP contribution in [0.3, 0.4) is 0 Å². The van der Waals surface area contributed by atoms with Crippen LogP contribution < -0.4 is 5.73 Å². The van der Waals surface area contributed by atoms with E-state index in [1.807, 2.05) is 0 Å². The van der Waals surface area contributed by atoms with Crippen LogP contribution >= 0.6 is 0 Å². The average Bonchev–Trinajstić information content (AvgIpc) is 2.56. The fourth-order valence-electron chi connectivity index (χ4n) is 2.63. The van der Waals surface area contributed by atoms with Gasteiger partial charge in [0.1, 0.15) is 0 Å². The van der Waals surface area contributed by atoms with Crippen LogP contribution in [0.4, 0.5) is 0 Å². The molecule has 0 amide bonds. The van der Waals surface area contributed by atoms with Gasteiger partial charge in [0.25, 0.3) is 0 Å². The zero-order chi connectivity index (χ0) is 9.90. The Bertz CT molecular complexity index is 152. The SMILES string of the molecule is CC(N)C(C)(CCO)C1CCCC1. The van der Waals surface area contributed by atoms with Crippen molar-refractivity contribution in [3.63, 3.8) is 0 Å². The Morgan fingerprint density at radius 2 is 2.00 bits per heavy atom. The van der Waals surface area contributed by atoms with Gasteiger partial charge in [-0.3, -0.25) is 0 Å². The van der Waals surface area contributed by atoms with Crippen molar-refractivity contribution in [1.82, 2.24) is 0 Å². The third kappa shape index (κ3) is 2.23. The highest BCUT2D eigenvalue weighted by Crippen LogP contribution is 2.43. The van der Waals surface area contributed by atoms with Gasteiger partial charge in [-0.1, -0.05) is 19.8 Å². The lowest BCUT2D eigenvalue weighted by Gasteiger charge is -2.39. The molecule has 0 bridgehead atoms. The first kappa shape index (κ1) is 11.0. The minimum atomic E-state index is 0.158. The second kappa shape index (κ2) is 4.43. The molecule has 0 heterocycles. The molecule has 0 aromatic rings. The molecule has 13 heavy (non-hydrogen) atoms. The number of hydrogen-bond acceptors (Lipinski definition) is 2. The Morgan fingerprint density at radius 1 is 1.46 bits per heavy atom. The third-order valence-electron chi connectivity index (χ3n) is 3.98. The van der Waals surface area contributed by atoms with E-state index in [-0.39, 0.29) is 18.1 Å². The lowest BCUT2D eigenvalue weighted by molar-refractivity contribution is 0.103. The monoisotopic (exact) mass is 185 g/mol. The lowest BCUT2D eigenvalue weighted by Crippen LogP contribution is -2.42. The van der Waals surface area contributed by atoms with Gasteiger partial charge in [0, 0.05) is 12.6 Å². The maximum atomic E-state index is 9.06.